The Morgan fingerprint density at radius 1 is 1.00 bits per heavy atom. The third-order valence-electron chi connectivity index (χ3n) is 4.31. The summed E-state index contributed by atoms with van der Waals surface area (Å²) in [6.07, 6.45) is -0.523. The molecule has 0 radical (unpaired) electrons. The maximum absolute atomic E-state index is 11.9. The second-order valence-corrected chi connectivity index (χ2v) is 8.70. The van der Waals surface area contributed by atoms with Crippen LogP contribution in [0.5, 0.6) is 0 Å². The number of halogens is 1. The lowest BCUT2D eigenvalue weighted by molar-refractivity contribution is 0.0542. The van der Waals surface area contributed by atoms with Gasteiger partial charge in [0.05, 0.1) is 0 Å². The first-order valence-electron chi connectivity index (χ1n) is 9.42. The molecule has 0 spiro atoms. The topological polar surface area (TPSA) is 50.4 Å². The van der Waals surface area contributed by atoms with Gasteiger partial charge in [-0.1, -0.05) is 71.0 Å². The molecule has 4 nitrogen and oxygen atoms in total. The summed E-state index contributed by atoms with van der Waals surface area (Å²) >= 11 is 3.49. The number of carbonyl (C=O) groups excluding carboxylic acids is 1. The minimum absolute atomic E-state index is 0.403. The van der Waals surface area contributed by atoms with Crippen molar-refractivity contribution in [2.24, 2.45) is 0 Å². The molecule has 0 saturated carbocycles. The number of hydrogen-bond acceptors (Lipinski definition) is 3. The largest absolute Gasteiger partial charge is 0.444 e. The summed E-state index contributed by atoms with van der Waals surface area (Å²) in [6.45, 7) is 9.87. The molecule has 3 aromatic carbocycles. The van der Waals surface area contributed by atoms with Crippen molar-refractivity contribution < 1.29 is 9.53 Å². The van der Waals surface area contributed by atoms with Crippen molar-refractivity contribution in [3.05, 3.63) is 83.1 Å². The van der Waals surface area contributed by atoms with Crippen LogP contribution >= 0.6 is 15.9 Å². The molecule has 29 heavy (non-hydrogen) atoms. The number of benzene rings is 3. The average Bonchev–Trinajstić information content (AvgIpc) is 2.65. The molecule has 3 aromatic rings. The van der Waals surface area contributed by atoms with Crippen LogP contribution < -0.4 is 10.6 Å². The molecule has 0 aliphatic rings. The maximum Gasteiger partial charge on any atom is 0.413 e. The van der Waals surface area contributed by atoms with Crippen LogP contribution in [0.4, 0.5) is 4.79 Å². The minimum Gasteiger partial charge on any atom is -0.444 e. The van der Waals surface area contributed by atoms with E-state index in [2.05, 4.69) is 75.6 Å². The number of alkyl carbamates (subject to hydrolysis) is 1. The number of amides is 1. The van der Waals surface area contributed by atoms with Crippen LogP contribution in [-0.4, -0.2) is 11.7 Å². The predicted octanol–water partition coefficient (Wildman–Crippen LogP) is 6.35. The number of fused-ring (bicyclic) bond motifs is 1. The zero-order chi connectivity index (χ0) is 21.0. The van der Waals surface area contributed by atoms with E-state index in [1.165, 1.54) is 16.5 Å². The van der Waals surface area contributed by atoms with Gasteiger partial charge in [-0.2, -0.15) is 0 Å². The number of ether oxygens (including phenoxy) is 1. The van der Waals surface area contributed by atoms with Gasteiger partial charge in [-0.05, 0) is 60.4 Å². The standard InChI is InChI=1S/C24H25BrN2O2/c1-16(27-23(28)29-24(2,3)4)26-15-18-7-5-10-22-20(8-6-9-21(18)22)17-11-13-19(25)14-12-17/h5-14,26H,1,15H2,2-4H3,(H,27,28). The Balaban J connectivity index is 1.77. The van der Waals surface area contributed by atoms with Gasteiger partial charge in [-0.25, -0.2) is 4.79 Å². The van der Waals surface area contributed by atoms with E-state index in [0.717, 1.165) is 15.4 Å². The monoisotopic (exact) mass is 452 g/mol. The maximum atomic E-state index is 11.9. The van der Waals surface area contributed by atoms with Crippen LogP contribution in [0.2, 0.25) is 0 Å². The molecule has 5 heteroatoms. The predicted molar refractivity (Wildman–Crippen MR) is 122 cm³/mol. The third-order valence-corrected chi connectivity index (χ3v) is 4.84. The Morgan fingerprint density at radius 2 is 1.66 bits per heavy atom. The quantitative estimate of drug-likeness (QED) is 0.473. The van der Waals surface area contributed by atoms with Gasteiger partial charge in [-0.15, -0.1) is 0 Å². The summed E-state index contributed by atoms with van der Waals surface area (Å²) < 4.78 is 6.31. The highest BCUT2D eigenvalue weighted by atomic mass is 79.9. The number of carbonyl (C=O) groups is 1. The van der Waals surface area contributed by atoms with Crippen LogP contribution in [0.15, 0.2) is 77.5 Å². The van der Waals surface area contributed by atoms with E-state index in [9.17, 15) is 4.79 Å². The normalized spacial score (nSPS) is 11.2. The van der Waals surface area contributed by atoms with Gasteiger partial charge in [0.15, 0.2) is 0 Å². The van der Waals surface area contributed by atoms with E-state index >= 15 is 0 Å². The summed E-state index contributed by atoms with van der Waals surface area (Å²) in [7, 11) is 0. The molecule has 0 aromatic heterocycles. The van der Waals surface area contributed by atoms with Crippen molar-refractivity contribution in [2.75, 3.05) is 0 Å². The van der Waals surface area contributed by atoms with Crippen molar-refractivity contribution in [1.82, 2.24) is 10.6 Å². The highest BCUT2D eigenvalue weighted by molar-refractivity contribution is 9.10. The van der Waals surface area contributed by atoms with Crippen LogP contribution in [0.25, 0.3) is 21.9 Å². The molecular weight excluding hydrogens is 428 g/mol. The molecule has 0 saturated heterocycles. The van der Waals surface area contributed by atoms with Gasteiger partial charge >= 0.3 is 6.09 Å². The first kappa shape index (κ1) is 20.9. The molecule has 3 rings (SSSR count). The van der Waals surface area contributed by atoms with E-state index < -0.39 is 11.7 Å². The molecular formula is C24H25BrN2O2. The lowest BCUT2D eigenvalue weighted by Gasteiger charge is -2.20. The highest BCUT2D eigenvalue weighted by Gasteiger charge is 2.16. The van der Waals surface area contributed by atoms with Gasteiger partial charge in [0.25, 0.3) is 0 Å². The van der Waals surface area contributed by atoms with E-state index in [1.807, 2.05) is 39.0 Å². The van der Waals surface area contributed by atoms with E-state index in [4.69, 9.17) is 4.74 Å². The van der Waals surface area contributed by atoms with Crippen molar-refractivity contribution >= 4 is 32.8 Å². The molecule has 0 heterocycles. The molecule has 0 aliphatic carbocycles. The van der Waals surface area contributed by atoms with Gasteiger partial charge in [-0.3, -0.25) is 5.32 Å². The molecule has 0 unspecified atom stereocenters. The van der Waals surface area contributed by atoms with Crippen molar-refractivity contribution in [3.63, 3.8) is 0 Å². The zero-order valence-corrected chi connectivity index (χ0v) is 18.5. The second kappa shape index (κ2) is 8.70. The first-order chi connectivity index (χ1) is 13.7. The lowest BCUT2D eigenvalue weighted by atomic mass is 9.95. The SMILES string of the molecule is C=C(NCc1cccc2c(-c3ccc(Br)cc3)cccc12)NC(=O)OC(C)(C)C. The molecule has 1 amide bonds. The Hall–Kier alpha value is -2.79. The van der Waals surface area contributed by atoms with E-state index in [0.29, 0.717) is 12.4 Å². The van der Waals surface area contributed by atoms with Gasteiger partial charge < -0.3 is 10.1 Å². The fourth-order valence-electron chi connectivity index (χ4n) is 3.08. The average molecular weight is 453 g/mol. The summed E-state index contributed by atoms with van der Waals surface area (Å²) in [6, 6.07) is 20.9. The fraction of sp³-hybridized carbons (Fsp3) is 0.208. The van der Waals surface area contributed by atoms with Crippen LogP contribution in [0.1, 0.15) is 26.3 Å². The van der Waals surface area contributed by atoms with E-state index in [1.54, 1.807) is 0 Å². The molecule has 2 N–H and O–H groups in total. The summed E-state index contributed by atoms with van der Waals surface area (Å²) in [4.78, 5) is 11.9. The Kier molecular flexibility index (Phi) is 6.28. The lowest BCUT2D eigenvalue weighted by Crippen LogP contribution is -2.35. The Morgan fingerprint density at radius 3 is 2.34 bits per heavy atom. The summed E-state index contributed by atoms with van der Waals surface area (Å²) in [5.74, 6) is 0.403. The second-order valence-electron chi connectivity index (χ2n) is 7.78. The molecule has 150 valence electrons. The van der Waals surface area contributed by atoms with Crippen molar-refractivity contribution in [1.29, 1.82) is 0 Å². The van der Waals surface area contributed by atoms with Crippen LogP contribution in [0, 0.1) is 0 Å². The van der Waals surface area contributed by atoms with Gasteiger partial charge in [0, 0.05) is 11.0 Å². The molecule has 0 aliphatic heterocycles. The summed E-state index contributed by atoms with van der Waals surface area (Å²) in [5.41, 5.74) is 2.92. The van der Waals surface area contributed by atoms with Crippen molar-refractivity contribution in [2.45, 2.75) is 32.9 Å². The van der Waals surface area contributed by atoms with Crippen LogP contribution in [-0.2, 0) is 11.3 Å². The number of nitrogens with one attached hydrogen (secondary N) is 2. The molecule has 0 atom stereocenters. The Bertz CT molecular complexity index is 1040. The van der Waals surface area contributed by atoms with Crippen molar-refractivity contribution in [3.8, 4) is 11.1 Å². The zero-order valence-electron chi connectivity index (χ0n) is 16.9. The fourth-order valence-corrected chi connectivity index (χ4v) is 3.35. The number of rotatable bonds is 5. The summed E-state index contributed by atoms with van der Waals surface area (Å²) in [5, 5.41) is 8.13. The smallest absolute Gasteiger partial charge is 0.413 e. The molecule has 0 bridgehead atoms. The van der Waals surface area contributed by atoms with Gasteiger partial charge in [0.2, 0.25) is 0 Å². The van der Waals surface area contributed by atoms with Gasteiger partial charge in [0.1, 0.15) is 11.4 Å². The number of hydrogen-bond donors (Lipinski definition) is 2. The molecule has 0 fully saturated rings. The first-order valence-corrected chi connectivity index (χ1v) is 10.2. The van der Waals surface area contributed by atoms with Crippen LogP contribution in [0.3, 0.4) is 0 Å². The van der Waals surface area contributed by atoms with E-state index in [-0.39, 0.29) is 0 Å². The Labute approximate surface area is 180 Å². The third kappa shape index (κ3) is 5.61. The minimum atomic E-state index is -0.552. The highest BCUT2D eigenvalue weighted by Crippen LogP contribution is 2.31.